The van der Waals surface area contributed by atoms with Gasteiger partial charge in [0.2, 0.25) is 0 Å². The van der Waals surface area contributed by atoms with Crippen LogP contribution in [0.3, 0.4) is 0 Å². The van der Waals surface area contributed by atoms with E-state index in [1.165, 1.54) is 5.57 Å². The number of nitrogens with zero attached hydrogens (tertiary/aromatic N) is 1. The van der Waals surface area contributed by atoms with Crippen molar-refractivity contribution < 1.29 is 9.47 Å². The fraction of sp³-hybridized carbons (Fsp3) is 0.421. The zero-order chi connectivity index (χ0) is 17.3. The first-order valence-electron chi connectivity index (χ1n) is 8.22. The maximum Gasteiger partial charge on any atom is 0.161 e. The molecule has 0 bridgehead atoms. The van der Waals surface area contributed by atoms with Crippen molar-refractivity contribution in [2.45, 2.75) is 32.2 Å². The van der Waals surface area contributed by atoms with Crippen LogP contribution in [0.4, 0.5) is 0 Å². The summed E-state index contributed by atoms with van der Waals surface area (Å²) in [4.78, 5) is 0. The second kappa shape index (κ2) is 6.48. The van der Waals surface area contributed by atoms with Gasteiger partial charge in [-0.1, -0.05) is 13.0 Å². The summed E-state index contributed by atoms with van der Waals surface area (Å²) in [5.74, 6) is 2.26. The van der Waals surface area contributed by atoms with Crippen molar-refractivity contribution in [1.82, 2.24) is 5.32 Å². The molecule has 3 N–H and O–H groups in total. The van der Waals surface area contributed by atoms with E-state index in [2.05, 4.69) is 18.3 Å². The van der Waals surface area contributed by atoms with E-state index >= 15 is 0 Å². The van der Waals surface area contributed by atoms with Crippen LogP contribution in [0.2, 0.25) is 0 Å². The number of nitrogens with two attached hydrogens (primary N) is 1. The topological polar surface area (TPSA) is 80.3 Å². The van der Waals surface area contributed by atoms with Crippen LogP contribution in [-0.4, -0.2) is 14.2 Å². The predicted octanol–water partition coefficient (Wildman–Crippen LogP) is 3.16. The van der Waals surface area contributed by atoms with Crippen LogP contribution in [0.25, 0.3) is 0 Å². The van der Waals surface area contributed by atoms with Gasteiger partial charge in [0.25, 0.3) is 0 Å². The van der Waals surface area contributed by atoms with Crippen molar-refractivity contribution >= 4 is 0 Å². The molecule has 2 atom stereocenters. The van der Waals surface area contributed by atoms with Crippen LogP contribution in [0.5, 0.6) is 11.5 Å². The summed E-state index contributed by atoms with van der Waals surface area (Å²) in [6.07, 6.45) is 3.13. The van der Waals surface area contributed by atoms with Crippen LogP contribution in [0.15, 0.2) is 40.7 Å². The number of allylic oxidation sites excluding steroid dienone is 2. The van der Waals surface area contributed by atoms with Gasteiger partial charge in [-0.2, -0.15) is 5.26 Å². The van der Waals surface area contributed by atoms with E-state index in [0.29, 0.717) is 28.8 Å². The molecule has 0 saturated heterocycles. The van der Waals surface area contributed by atoms with Crippen molar-refractivity contribution in [2.75, 3.05) is 14.2 Å². The number of ether oxygens (including phenoxy) is 2. The number of hydrogen-bond donors (Lipinski definition) is 2. The molecule has 1 heterocycles. The second-order valence-electron chi connectivity index (χ2n) is 6.32. The number of nitriles is 1. The molecule has 0 amide bonds. The molecular weight excluding hydrogens is 302 g/mol. The molecule has 1 aromatic rings. The average molecular weight is 325 g/mol. The summed E-state index contributed by atoms with van der Waals surface area (Å²) in [6.45, 7) is 2.22. The van der Waals surface area contributed by atoms with Crippen molar-refractivity contribution in [2.24, 2.45) is 11.7 Å². The monoisotopic (exact) mass is 325 g/mol. The first-order chi connectivity index (χ1) is 11.6. The Labute approximate surface area is 142 Å². The molecule has 0 aromatic heterocycles. The van der Waals surface area contributed by atoms with Crippen molar-refractivity contribution in [3.63, 3.8) is 0 Å². The van der Waals surface area contributed by atoms with Gasteiger partial charge < -0.3 is 20.5 Å². The molecular formula is C19H23N3O2. The lowest BCUT2D eigenvalue weighted by atomic mass is 9.74. The highest BCUT2D eigenvalue weighted by Gasteiger charge is 2.34. The maximum absolute atomic E-state index is 9.50. The molecule has 0 unspecified atom stereocenters. The molecule has 2 aliphatic rings. The number of dihydropyridines is 1. The van der Waals surface area contributed by atoms with Crippen LogP contribution in [0, 0.1) is 17.2 Å². The minimum atomic E-state index is -0.0350. The van der Waals surface area contributed by atoms with Crippen LogP contribution in [0.1, 0.15) is 37.8 Å². The van der Waals surface area contributed by atoms with Crippen molar-refractivity contribution in [1.29, 1.82) is 5.26 Å². The van der Waals surface area contributed by atoms with E-state index in [1.54, 1.807) is 14.2 Å². The summed E-state index contributed by atoms with van der Waals surface area (Å²) in [5, 5.41) is 12.8. The Morgan fingerprint density at radius 1 is 1.25 bits per heavy atom. The number of nitrogens with one attached hydrogen (secondary N) is 1. The fourth-order valence-electron chi connectivity index (χ4n) is 3.80. The number of benzene rings is 1. The number of rotatable bonds is 3. The zero-order valence-corrected chi connectivity index (χ0v) is 14.3. The molecule has 1 aliphatic heterocycles. The Morgan fingerprint density at radius 2 is 2.00 bits per heavy atom. The van der Waals surface area contributed by atoms with Crippen molar-refractivity contribution in [3.05, 3.63) is 46.3 Å². The SMILES string of the molecule is COc1ccc([C@@H]2NC(N)=C(C#N)C3=C2[C@@H](C)CCC3)cc1OC. The molecule has 126 valence electrons. The summed E-state index contributed by atoms with van der Waals surface area (Å²) < 4.78 is 10.8. The third-order valence-electron chi connectivity index (χ3n) is 4.98. The minimum Gasteiger partial charge on any atom is -0.493 e. The van der Waals surface area contributed by atoms with Gasteiger partial charge in [-0.3, -0.25) is 0 Å². The largest absolute Gasteiger partial charge is 0.493 e. The standard InChI is InChI=1S/C19H23N3O2/c1-11-5-4-6-13-14(10-20)19(21)22-18(17(11)13)12-7-8-15(23-2)16(9-12)24-3/h7-9,11,18,22H,4-6,21H2,1-3H3/t11-,18-/m0/s1. The van der Waals surface area contributed by atoms with Crippen molar-refractivity contribution in [3.8, 4) is 17.6 Å². The highest BCUT2D eigenvalue weighted by atomic mass is 16.5. The molecule has 1 aliphatic carbocycles. The number of methoxy groups -OCH3 is 2. The molecule has 0 fully saturated rings. The summed E-state index contributed by atoms with van der Waals surface area (Å²) in [6, 6.07) is 8.15. The van der Waals surface area contributed by atoms with Crippen LogP contribution < -0.4 is 20.5 Å². The first kappa shape index (κ1) is 16.3. The van der Waals surface area contributed by atoms with E-state index in [9.17, 15) is 5.26 Å². The van der Waals surface area contributed by atoms with E-state index in [4.69, 9.17) is 15.2 Å². The third-order valence-corrected chi connectivity index (χ3v) is 4.98. The Kier molecular flexibility index (Phi) is 4.39. The first-order valence-corrected chi connectivity index (χ1v) is 8.22. The van der Waals surface area contributed by atoms with E-state index in [0.717, 1.165) is 30.4 Å². The molecule has 24 heavy (non-hydrogen) atoms. The van der Waals surface area contributed by atoms with E-state index in [1.807, 2.05) is 18.2 Å². The third kappa shape index (κ3) is 2.58. The van der Waals surface area contributed by atoms with Gasteiger partial charge in [0.05, 0.1) is 25.8 Å². The highest BCUT2D eigenvalue weighted by Crippen LogP contribution is 2.44. The predicted molar refractivity (Wildman–Crippen MR) is 92.3 cm³/mol. The lowest BCUT2D eigenvalue weighted by Gasteiger charge is -2.37. The van der Waals surface area contributed by atoms with Gasteiger partial charge in [0.15, 0.2) is 11.5 Å². The normalized spacial score (nSPS) is 23.2. The minimum absolute atomic E-state index is 0.0350. The smallest absolute Gasteiger partial charge is 0.161 e. The average Bonchev–Trinajstić information content (AvgIpc) is 2.60. The van der Waals surface area contributed by atoms with Crippen LogP contribution in [-0.2, 0) is 0 Å². The molecule has 5 nitrogen and oxygen atoms in total. The summed E-state index contributed by atoms with van der Waals surface area (Å²) >= 11 is 0. The van der Waals surface area contributed by atoms with E-state index in [-0.39, 0.29) is 6.04 Å². The fourth-order valence-corrected chi connectivity index (χ4v) is 3.80. The Bertz CT molecular complexity index is 758. The Balaban J connectivity index is 2.10. The van der Waals surface area contributed by atoms with E-state index < -0.39 is 0 Å². The molecule has 1 aromatic carbocycles. The maximum atomic E-state index is 9.50. The van der Waals surface area contributed by atoms with Gasteiger partial charge in [0.1, 0.15) is 11.9 Å². The summed E-state index contributed by atoms with van der Waals surface area (Å²) in [7, 11) is 3.26. The van der Waals surface area contributed by atoms with Gasteiger partial charge in [-0.25, -0.2) is 0 Å². The quantitative estimate of drug-likeness (QED) is 0.892. The Morgan fingerprint density at radius 3 is 2.67 bits per heavy atom. The van der Waals surface area contributed by atoms with Gasteiger partial charge in [-0.15, -0.1) is 0 Å². The lowest BCUT2D eigenvalue weighted by molar-refractivity contribution is 0.354. The zero-order valence-electron chi connectivity index (χ0n) is 14.3. The van der Waals surface area contributed by atoms with Crippen LogP contribution >= 0.6 is 0 Å². The molecule has 0 spiro atoms. The molecule has 5 heteroatoms. The molecule has 0 radical (unpaired) electrons. The Hall–Kier alpha value is -2.61. The second-order valence-corrected chi connectivity index (χ2v) is 6.32. The van der Waals surface area contributed by atoms with Gasteiger partial charge >= 0.3 is 0 Å². The summed E-state index contributed by atoms with van der Waals surface area (Å²) in [5.41, 5.74) is 10.2. The van der Waals surface area contributed by atoms with Gasteiger partial charge in [0, 0.05) is 0 Å². The number of hydrogen-bond acceptors (Lipinski definition) is 5. The molecule has 3 rings (SSSR count). The van der Waals surface area contributed by atoms with Gasteiger partial charge in [-0.05, 0) is 54.0 Å². The molecule has 0 saturated carbocycles. The lowest BCUT2D eigenvalue weighted by Crippen LogP contribution is -2.36. The highest BCUT2D eigenvalue weighted by molar-refractivity contribution is 5.55.